The van der Waals surface area contributed by atoms with Crippen molar-refractivity contribution in [3.8, 4) is 0 Å². The third-order valence-corrected chi connectivity index (χ3v) is 3.43. The number of carbonyl (C=O) groups is 1. The van der Waals surface area contributed by atoms with Crippen LogP contribution in [0.2, 0.25) is 0 Å². The van der Waals surface area contributed by atoms with Crippen molar-refractivity contribution in [3.05, 3.63) is 29.8 Å². The van der Waals surface area contributed by atoms with E-state index in [0.29, 0.717) is 19.1 Å². The Balaban J connectivity index is 1.95. The Hall–Kier alpha value is -1.55. The summed E-state index contributed by atoms with van der Waals surface area (Å²) in [6.45, 7) is 7.24. The van der Waals surface area contributed by atoms with Crippen LogP contribution < -0.4 is 5.73 Å². The predicted molar refractivity (Wildman–Crippen MR) is 73.0 cm³/mol. The minimum absolute atomic E-state index is 0.215. The van der Waals surface area contributed by atoms with Crippen molar-refractivity contribution in [3.63, 3.8) is 0 Å². The molecule has 98 valence electrons. The van der Waals surface area contributed by atoms with Gasteiger partial charge in [-0.3, -0.25) is 9.69 Å². The molecule has 1 aliphatic heterocycles. The van der Waals surface area contributed by atoms with Gasteiger partial charge in [-0.2, -0.15) is 0 Å². The summed E-state index contributed by atoms with van der Waals surface area (Å²) in [4.78, 5) is 16.2. The number of anilines is 1. The zero-order chi connectivity index (χ0) is 13.1. The van der Waals surface area contributed by atoms with Crippen molar-refractivity contribution in [1.82, 2.24) is 9.80 Å². The molecular formula is C14H21N3O. The van der Waals surface area contributed by atoms with E-state index in [1.807, 2.05) is 29.2 Å². The molecular weight excluding hydrogens is 226 g/mol. The molecule has 0 atom stereocenters. The molecule has 1 aliphatic rings. The molecule has 2 rings (SSSR count). The second kappa shape index (κ2) is 5.40. The molecule has 0 unspecified atom stereocenters. The van der Waals surface area contributed by atoms with E-state index < -0.39 is 0 Å². The molecule has 1 fully saturated rings. The van der Waals surface area contributed by atoms with Gasteiger partial charge in [0.15, 0.2) is 0 Å². The highest BCUT2D eigenvalue weighted by molar-refractivity contribution is 5.79. The van der Waals surface area contributed by atoms with Gasteiger partial charge in [0.1, 0.15) is 0 Å². The molecule has 0 bridgehead atoms. The van der Waals surface area contributed by atoms with Crippen LogP contribution in [-0.4, -0.2) is 41.4 Å². The Morgan fingerprint density at radius 2 is 1.89 bits per heavy atom. The molecule has 4 heteroatoms. The summed E-state index contributed by atoms with van der Waals surface area (Å²) in [6, 6.07) is 8.16. The van der Waals surface area contributed by atoms with E-state index in [0.717, 1.165) is 24.3 Å². The van der Waals surface area contributed by atoms with Gasteiger partial charge in [0.05, 0.1) is 6.54 Å². The minimum atomic E-state index is 0.215. The summed E-state index contributed by atoms with van der Waals surface area (Å²) in [5.74, 6) is 0.215. The molecule has 0 saturated carbocycles. The van der Waals surface area contributed by atoms with Crippen molar-refractivity contribution in [2.75, 3.05) is 25.4 Å². The van der Waals surface area contributed by atoms with Crippen molar-refractivity contribution >= 4 is 11.6 Å². The van der Waals surface area contributed by atoms with Gasteiger partial charge in [0.25, 0.3) is 0 Å². The standard InChI is InChI=1S/C14H21N3O/c1-11(2)16-7-8-17(14(18)10-16)9-12-3-5-13(15)6-4-12/h3-6,11H,7-10,15H2,1-2H3. The maximum absolute atomic E-state index is 12.0. The van der Waals surface area contributed by atoms with Crippen LogP contribution in [0.25, 0.3) is 0 Å². The SMILES string of the molecule is CC(C)N1CCN(Cc2ccc(N)cc2)C(=O)C1. The lowest BCUT2D eigenvalue weighted by atomic mass is 10.1. The second-order valence-electron chi connectivity index (χ2n) is 5.12. The van der Waals surface area contributed by atoms with Crippen molar-refractivity contribution in [2.24, 2.45) is 0 Å². The van der Waals surface area contributed by atoms with Crippen LogP contribution in [0.3, 0.4) is 0 Å². The topological polar surface area (TPSA) is 49.6 Å². The largest absolute Gasteiger partial charge is 0.399 e. The van der Waals surface area contributed by atoms with Gasteiger partial charge in [-0.05, 0) is 31.5 Å². The van der Waals surface area contributed by atoms with Crippen LogP contribution >= 0.6 is 0 Å². The fraction of sp³-hybridized carbons (Fsp3) is 0.500. The molecule has 0 aliphatic carbocycles. The molecule has 0 radical (unpaired) electrons. The van der Waals surface area contributed by atoms with Gasteiger partial charge in [-0.1, -0.05) is 12.1 Å². The van der Waals surface area contributed by atoms with Crippen LogP contribution in [0, 0.1) is 0 Å². The Bertz CT molecular complexity index is 414. The molecule has 4 nitrogen and oxygen atoms in total. The highest BCUT2D eigenvalue weighted by Crippen LogP contribution is 2.12. The van der Waals surface area contributed by atoms with Crippen LogP contribution in [0.4, 0.5) is 5.69 Å². The Morgan fingerprint density at radius 3 is 2.44 bits per heavy atom. The minimum Gasteiger partial charge on any atom is -0.399 e. The third-order valence-electron chi connectivity index (χ3n) is 3.43. The van der Waals surface area contributed by atoms with Gasteiger partial charge in [0.2, 0.25) is 5.91 Å². The number of piperazine rings is 1. The molecule has 1 aromatic rings. The molecule has 1 saturated heterocycles. The molecule has 1 amide bonds. The van der Waals surface area contributed by atoms with E-state index in [1.165, 1.54) is 0 Å². The fourth-order valence-electron chi connectivity index (χ4n) is 2.18. The number of rotatable bonds is 3. The average Bonchev–Trinajstić information content (AvgIpc) is 2.34. The predicted octanol–water partition coefficient (Wildman–Crippen LogP) is 1.32. The average molecular weight is 247 g/mol. The first-order valence-corrected chi connectivity index (χ1v) is 6.42. The third kappa shape index (κ3) is 3.01. The summed E-state index contributed by atoms with van der Waals surface area (Å²) < 4.78 is 0. The molecule has 0 spiro atoms. The van der Waals surface area contributed by atoms with Crippen LogP contribution in [-0.2, 0) is 11.3 Å². The van der Waals surface area contributed by atoms with E-state index in [4.69, 9.17) is 5.73 Å². The van der Waals surface area contributed by atoms with Crippen molar-refractivity contribution in [2.45, 2.75) is 26.4 Å². The highest BCUT2D eigenvalue weighted by atomic mass is 16.2. The Kier molecular flexibility index (Phi) is 3.87. The summed E-state index contributed by atoms with van der Waals surface area (Å²) in [6.07, 6.45) is 0. The van der Waals surface area contributed by atoms with E-state index in [-0.39, 0.29) is 5.91 Å². The number of amides is 1. The van der Waals surface area contributed by atoms with Gasteiger partial charge in [-0.25, -0.2) is 0 Å². The summed E-state index contributed by atoms with van der Waals surface area (Å²) in [7, 11) is 0. The number of hydrogen-bond donors (Lipinski definition) is 1. The Morgan fingerprint density at radius 1 is 1.22 bits per heavy atom. The molecule has 1 heterocycles. The molecule has 18 heavy (non-hydrogen) atoms. The molecule has 2 N–H and O–H groups in total. The number of carbonyl (C=O) groups excluding carboxylic acids is 1. The lowest BCUT2D eigenvalue weighted by molar-refractivity contribution is -0.137. The van der Waals surface area contributed by atoms with Gasteiger partial charge >= 0.3 is 0 Å². The first-order valence-electron chi connectivity index (χ1n) is 6.42. The van der Waals surface area contributed by atoms with Gasteiger partial charge in [0, 0.05) is 31.4 Å². The maximum Gasteiger partial charge on any atom is 0.237 e. The maximum atomic E-state index is 12.0. The fourth-order valence-corrected chi connectivity index (χ4v) is 2.18. The lowest BCUT2D eigenvalue weighted by Gasteiger charge is -2.36. The number of benzene rings is 1. The zero-order valence-corrected chi connectivity index (χ0v) is 11.1. The smallest absolute Gasteiger partial charge is 0.237 e. The lowest BCUT2D eigenvalue weighted by Crippen LogP contribution is -2.51. The normalized spacial score (nSPS) is 17.5. The van der Waals surface area contributed by atoms with E-state index in [1.54, 1.807) is 0 Å². The van der Waals surface area contributed by atoms with E-state index in [9.17, 15) is 4.79 Å². The van der Waals surface area contributed by atoms with Crippen LogP contribution in [0.5, 0.6) is 0 Å². The summed E-state index contributed by atoms with van der Waals surface area (Å²) >= 11 is 0. The van der Waals surface area contributed by atoms with Crippen molar-refractivity contribution in [1.29, 1.82) is 0 Å². The number of hydrogen-bond acceptors (Lipinski definition) is 3. The zero-order valence-electron chi connectivity index (χ0n) is 11.1. The van der Waals surface area contributed by atoms with Crippen LogP contribution in [0.15, 0.2) is 24.3 Å². The van der Waals surface area contributed by atoms with Crippen LogP contribution in [0.1, 0.15) is 19.4 Å². The first-order chi connectivity index (χ1) is 8.56. The monoisotopic (exact) mass is 247 g/mol. The van der Waals surface area contributed by atoms with E-state index in [2.05, 4.69) is 18.7 Å². The summed E-state index contributed by atoms with van der Waals surface area (Å²) in [5.41, 5.74) is 7.55. The van der Waals surface area contributed by atoms with Crippen molar-refractivity contribution < 1.29 is 4.79 Å². The Labute approximate surface area is 108 Å². The number of nitrogens with two attached hydrogens (primary N) is 1. The summed E-state index contributed by atoms with van der Waals surface area (Å²) in [5, 5.41) is 0. The first kappa shape index (κ1) is 12.9. The number of nitrogen functional groups attached to an aromatic ring is 1. The van der Waals surface area contributed by atoms with Gasteiger partial charge in [-0.15, -0.1) is 0 Å². The van der Waals surface area contributed by atoms with E-state index >= 15 is 0 Å². The number of nitrogens with zero attached hydrogens (tertiary/aromatic N) is 2. The van der Waals surface area contributed by atoms with Gasteiger partial charge < -0.3 is 10.6 Å². The quantitative estimate of drug-likeness (QED) is 0.820. The molecule has 1 aromatic carbocycles. The molecule has 0 aromatic heterocycles. The second-order valence-corrected chi connectivity index (χ2v) is 5.12. The highest BCUT2D eigenvalue weighted by Gasteiger charge is 2.25.